The number of aromatic nitrogens is 1. The first-order chi connectivity index (χ1) is 14.8. The Bertz CT molecular complexity index is 1110. The van der Waals surface area contributed by atoms with Gasteiger partial charge in [-0.2, -0.15) is 0 Å². The van der Waals surface area contributed by atoms with Gasteiger partial charge in [0.15, 0.2) is 0 Å². The van der Waals surface area contributed by atoms with Gasteiger partial charge in [-0.15, -0.1) is 0 Å². The van der Waals surface area contributed by atoms with Gasteiger partial charge in [-0.3, -0.25) is 4.79 Å². The quantitative estimate of drug-likeness (QED) is 0.643. The Morgan fingerprint density at radius 2 is 2.13 bits per heavy atom. The summed E-state index contributed by atoms with van der Waals surface area (Å²) in [7, 11) is 0. The predicted octanol–water partition coefficient (Wildman–Crippen LogP) is 4.34. The van der Waals surface area contributed by atoms with Crippen molar-refractivity contribution in [1.29, 1.82) is 0 Å². The van der Waals surface area contributed by atoms with E-state index in [0.29, 0.717) is 18.6 Å². The largest absolute Gasteiger partial charge is 0.477 e. The van der Waals surface area contributed by atoms with Gasteiger partial charge >= 0.3 is 5.97 Å². The van der Waals surface area contributed by atoms with E-state index in [1.165, 1.54) is 6.20 Å². The summed E-state index contributed by atoms with van der Waals surface area (Å²) in [5, 5.41) is 9.60. The van der Waals surface area contributed by atoms with Crippen LogP contribution in [0.5, 0.6) is 0 Å². The number of nitrogens with zero attached hydrogens (tertiary/aromatic N) is 2. The summed E-state index contributed by atoms with van der Waals surface area (Å²) >= 11 is 6.75. The van der Waals surface area contributed by atoms with Crippen LogP contribution in [0.1, 0.15) is 55.4 Å². The number of benzene rings is 1. The summed E-state index contributed by atoms with van der Waals surface area (Å²) < 4.78 is 17.1. The van der Waals surface area contributed by atoms with Gasteiger partial charge < -0.3 is 20.3 Å². The first-order valence-corrected chi connectivity index (χ1v) is 11.2. The number of aromatic carboxylic acids is 1. The molecule has 1 saturated carbocycles. The van der Waals surface area contributed by atoms with Crippen LogP contribution < -0.4 is 16.1 Å². The molecular weight excluding hydrogens is 421 g/mol. The topological polar surface area (TPSA) is 88.6 Å². The smallest absolute Gasteiger partial charge is 0.341 e. The molecule has 0 spiro atoms. The van der Waals surface area contributed by atoms with E-state index >= 15 is 4.39 Å². The predicted molar refractivity (Wildman–Crippen MR) is 121 cm³/mol. The number of pyridine rings is 1. The average molecular weight is 448 g/mol. The number of carboxylic acids is 1. The minimum atomic E-state index is -1.32. The van der Waals surface area contributed by atoms with Gasteiger partial charge in [0, 0.05) is 31.4 Å². The molecule has 6 nitrogen and oxygen atoms in total. The molecule has 0 aliphatic heterocycles. The first-order valence-electron chi connectivity index (χ1n) is 10.8. The van der Waals surface area contributed by atoms with E-state index in [2.05, 4.69) is 6.08 Å². The number of allylic oxidation sites excluding steroid dienone is 1. The Morgan fingerprint density at radius 3 is 2.77 bits per heavy atom. The van der Waals surface area contributed by atoms with Crippen LogP contribution >= 0.6 is 11.6 Å². The highest BCUT2D eigenvalue weighted by Crippen LogP contribution is 2.42. The zero-order valence-corrected chi connectivity index (χ0v) is 18.2. The molecule has 2 aliphatic rings. The number of hydrogen-bond acceptors (Lipinski definition) is 4. The molecule has 166 valence electrons. The van der Waals surface area contributed by atoms with Gasteiger partial charge in [-0.1, -0.05) is 23.8 Å². The van der Waals surface area contributed by atoms with Gasteiger partial charge in [0.05, 0.1) is 21.6 Å². The molecule has 31 heavy (non-hydrogen) atoms. The van der Waals surface area contributed by atoms with Gasteiger partial charge in [0.25, 0.3) is 0 Å². The number of hydrogen-bond donors (Lipinski definition) is 2. The van der Waals surface area contributed by atoms with Crippen molar-refractivity contribution in [3.05, 3.63) is 51.0 Å². The molecular formula is C23H27ClFN3O3. The van der Waals surface area contributed by atoms with Crippen molar-refractivity contribution in [2.24, 2.45) is 11.7 Å². The summed E-state index contributed by atoms with van der Waals surface area (Å²) in [6.07, 6.45) is 9.91. The maximum absolute atomic E-state index is 15.3. The molecule has 2 aliphatic carbocycles. The number of fused-ring (bicyclic) bond motifs is 1. The summed E-state index contributed by atoms with van der Waals surface area (Å²) in [4.78, 5) is 26.2. The molecule has 1 aromatic heterocycles. The van der Waals surface area contributed by atoms with E-state index in [1.54, 1.807) is 4.57 Å². The number of anilines is 1. The zero-order chi connectivity index (χ0) is 22.3. The van der Waals surface area contributed by atoms with E-state index in [0.717, 1.165) is 38.2 Å². The molecule has 3 N–H and O–H groups in total. The van der Waals surface area contributed by atoms with E-state index in [4.69, 9.17) is 17.3 Å². The minimum absolute atomic E-state index is 0.00907. The maximum atomic E-state index is 15.3. The standard InChI is InChI=1S/C23H27ClFN3O3/c1-2-27(11-13-5-3-4-6-14(26)9-13)21-18(25)10-16-20(19(21)24)28(15-7-8-15)12-17(22(16)29)23(30)31/h4,6,10,12-15H,2-3,5,7-9,11,26H2,1H3,(H,30,31)/t13-,14?/m0/s1. The average Bonchev–Trinajstić information content (AvgIpc) is 3.56. The van der Waals surface area contributed by atoms with Crippen LogP contribution in [-0.2, 0) is 0 Å². The Hall–Kier alpha value is -2.38. The van der Waals surface area contributed by atoms with Crippen molar-refractivity contribution >= 4 is 34.2 Å². The van der Waals surface area contributed by atoms with E-state index in [-0.39, 0.29) is 39.7 Å². The molecule has 0 amide bonds. The van der Waals surface area contributed by atoms with Crippen molar-refractivity contribution in [1.82, 2.24) is 4.57 Å². The molecule has 8 heteroatoms. The first kappa shape index (κ1) is 21.8. The molecule has 0 radical (unpaired) electrons. The van der Waals surface area contributed by atoms with Gasteiger partial charge in [-0.25, -0.2) is 9.18 Å². The molecule has 1 heterocycles. The molecule has 0 bridgehead atoms. The van der Waals surface area contributed by atoms with Gasteiger partial charge in [0.2, 0.25) is 5.43 Å². The van der Waals surface area contributed by atoms with Crippen molar-refractivity contribution in [3.63, 3.8) is 0 Å². The Labute approximate surface area is 185 Å². The normalized spacial score (nSPS) is 21.3. The molecule has 1 unspecified atom stereocenters. The van der Waals surface area contributed by atoms with Crippen LogP contribution in [0.4, 0.5) is 10.1 Å². The summed E-state index contributed by atoms with van der Waals surface area (Å²) in [6, 6.07) is 1.20. The fraction of sp³-hybridized carbons (Fsp3) is 0.478. The van der Waals surface area contributed by atoms with E-state index < -0.39 is 17.2 Å². The lowest BCUT2D eigenvalue weighted by molar-refractivity contribution is 0.0695. The Morgan fingerprint density at radius 1 is 1.39 bits per heavy atom. The summed E-state index contributed by atoms with van der Waals surface area (Å²) in [5.74, 6) is -1.65. The molecule has 4 rings (SSSR count). The highest BCUT2D eigenvalue weighted by atomic mass is 35.5. The lowest BCUT2D eigenvalue weighted by Gasteiger charge is -2.30. The van der Waals surface area contributed by atoms with Gasteiger partial charge in [0.1, 0.15) is 11.4 Å². The Kier molecular flexibility index (Phi) is 6.08. The number of carboxylic acid groups (broad SMARTS) is 1. The number of halogens is 2. The zero-order valence-electron chi connectivity index (χ0n) is 17.5. The third-order valence-corrected chi connectivity index (χ3v) is 6.62. The van der Waals surface area contributed by atoms with Crippen molar-refractivity contribution in [2.75, 3.05) is 18.0 Å². The van der Waals surface area contributed by atoms with Crippen LogP contribution in [0, 0.1) is 11.7 Å². The van der Waals surface area contributed by atoms with E-state index in [1.807, 2.05) is 17.9 Å². The molecule has 0 saturated heterocycles. The third kappa shape index (κ3) is 4.21. The van der Waals surface area contributed by atoms with Crippen LogP contribution in [-0.4, -0.2) is 34.8 Å². The van der Waals surface area contributed by atoms with Crippen LogP contribution in [0.2, 0.25) is 5.02 Å². The Balaban J connectivity index is 1.82. The monoisotopic (exact) mass is 447 g/mol. The van der Waals surface area contributed by atoms with E-state index in [9.17, 15) is 14.7 Å². The highest BCUT2D eigenvalue weighted by molar-refractivity contribution is 6.38. The fourth-order valence-electron chi connectivity index (χ4n) is 4.55. The van der Waals surface area contributed by atoms with Crippen molar-refractivity contribution in [3.8, 4) is 0 Å². The fourth-order valence-corrected chi connectivity index (χ4v) is 4.96. The molecule has 2 aromatic rings. The van der Waals surface area contributed by atoms with Gasteiger partial charge in [-0.05, 0) is 51.0 Å². The lowest BCUT2D eigenvalue weighted by Crippen LogP contribution is -2.33. The second-order valence-electron chi connectivity index (χ2n) is 8.54. The van der Waals surface area contributed by atoms with Crippen molar-refractivity contribution < 1.29 is 14.3 Å². The maximum Gasteiger partial charge on any atom is 0.341 e. The number of nitrogens with two attached hydrogens (primary N) is 1. The van der Waals surface area contributed by atoms with Crippen molar-refractivity contribution in [2.45, 2.75) is 51.1 Å². The number of rotatable bonds is 6. The SMILES string of the molecule is CCN(C[C@H]1CCC=CC(N)C1)c1c(F)cc2c(=O)c(C(=O)O)cn(C3CC3)c2c1Cl. The second kappa shape index (κ2) is 8.63. The van der Waals surface area contributed by atoms with Crippen LogP contribution in [0.15, 0.2) is 29.2 Å². The highest BCUT2D eigenvalue weighted by Gasteiger charge is 2.30. The van der Waals surface area contributed by atoms with Crippen LogP contribution in [0.3, 0.4) is 0 Å². The molecule has 1 aromatic carbocycles. The molecule has 1 fully saturated rings. The lowest BCUT2D eigenvalue weighted by atomic mass is 9.97. The summed E-state index contributed by atoms with van der Waals surface area (Å²) in [6.45, 7) is 3.09. The third-order valence-electron chi connectivity index (χ3n) is 6.26. The minimum Gasteiger partial charge on any atom is -0.477 e. The second-order valence-corrected chi connectivity index (χ2v) is 8.92. The number of carbonyl (C=O) groups is 1. The molecule has 2 atom stereocenters. The van der Waals surface area contributed by atoms with Crippen LogP contribution in [0.25, 0.3) is 10.9 Å². The summed E-state index contributed by atoms with van der Waals surface area (Å²) in [5.41, 5.74) is 5.73.